The number of aliphatic hydroxyl groups is 1. The van der Waals surface area contributed by atoms with Gasteiger partial charge in [-0.1, -0.05) is 18.2 Å². The Morgan fingerprint density at radius 2 is 1.96 bits per heavy atom. The smallest absolute Gasteiger partial charge is 0.337 e. The number of benzene rings is 1. The van der Waals surface area contributed by atoms with Crippen molar-refractivity contribution in [3.05, 3.63) is 63.6 Å². The summed E-state index contributed by atoms with van der Waals surface area (Å²) in [5.41, 5.74) is 0.668. The third-order valence-electron chi connectivity index (χ3n) is 5.02. The number of hydrogen-bond donors (Lipinski definition) is 1. The Labute approximate surface area is 151 Å². The van der Waals surface area contributed by atoms with Gasteiger partial charge in [0.2, 0.25) is 0 Å². The molecule has 1 aliphatic carbocycles. The number of esters is 1. The lowest BCUT2D eigenvalue weighted by Crippen LogP contribution is -2.34. The monoisotopic (exact) mass is 358 g/mol. The molecule has 1 heterocycles. The molecule has 0 bridgehead atoms. The number of ether oxygens (including phenoxy) is 2. The van der Waals surface area contributed by atoms with Gasteiger partial charge >= 0.3 is 5.97 Å². The Morgan fingerprint density at radius 1 is 1.24 bits per heavy atom. The first-order valence-electron chi connectivity index (χ1n) is 8.18. The van der Waals surface area contributed by atoms with Crippen molar-refractivity contribution in [1.82, 2.24) is 0 Å². The van der Waals surface area contributed by atoms with Crippen LogP contribution in [0.1, 0.15) is 36.1 Å². The Hall–Kier alpha value is -2.27. The molecule has 2 atom stereocenters. The van der Waals surface area contributed by atoms with Crippen molar-refractivity contribution in [2.45, 2.75) is 31.1 Å². The van der Waals surface area contributed by atoms with Gasteiger partial charge in [0.15, 0.2) is 0 Å². The largest absolute Gasteiger partial charge is 0.511 e. The highest BCUT2D eigenvalue weighted by Crippen LogP contribution is 2.49. The minimum absolute atomic E-state index is 0.109. The molecule has 3 rings (SSSR count). The SMILES string of the molecule is COC(=O)C1=C(O)[C@@](C)(c2ccc(OC)cc2)C[C@H](c2cccs2)C1. The number of methoxy groups -OCH3 is 2. The van der Waals surface area contributed by atoms with Crippen LogP contribution in [0.5, 0.6) is 5.75 Å². The van der Waals surface area contributed by atoms with Crippen molar-refractivity contribution in [2.24, 2.45) is 0 Å². The molecule has 0 saturated heterocycles. The number of rotatable bonds is 4. The van der Waals surface area contributed by atoms with E-state index in [-0.39, 0.29) is 11.7 Å². The lowest BCUT2D eigenvalue weighted by molar-refractivity contribution is -0.136. The molecule has 0 spiro atoms. The first kappa shape index (κ1) is 17.5. The number of carbonyl (C=O) groups excluding carboxylic acids is 1. The highest BCUT2D eigenvalue weighted by atomic mass is 32.1. The predicted octanol–water partition coefficient (Wildman–Crippen LogP) is 4.58. The Kier molecular flexibility index (Phi) is 4.86. The zero-order valence-corrected chi connectivity index (χ0v) is 15.4. The van der Waals surface area contributed by atoms with Gasteiger partial charge < -0.3 is 14.6 Å². The molecule has 1 aliphatic rings. The highest BCUT2D eigenvalue weighted by Gasteiger charge is 2.43. The van der Waals surface area contributed by atoms with Gasteiger partial charge in [0, 0.05) is 4.88 Å². The van der Waals surface area contributed by atoms with Crippen molar-refractivity contribution in [3.8, 4) is 5.75 Å². The maximum absolute atomic E-state index is 12.3. The maximum atomic E-state index is 12.3. The van der Waals surface area contributed by atoms with Gasteiger partial charge in [0.1, 0.15) is 11.5 Å². The van der Waals surface area contributed by atoms with Gasteiger partial charge in [0.05, 0.1) is 25.2 Å². The molecule has 1 N–H and O–H groups in total. The van der Waals surface area contributed by atoms with E-state index in [2.05, 4.69) is 6.07 Å². The molecule has 25 heavy (non-hydrogen) atoms. The van der Waals surface area contributed by atoms with Gasteiger partial charge in [-0.05, 0) is 54.8 Å². The maximum Gasteiger partial charge on any atom is 0.337 e. The van der Waals surface area contributed by atoms with E-state index in [1.807, 2.05) is 42.6 Å². The average molecular weight is 358 g/mol. The quantitative estimate of drug-likeness (QED) is 0.813. The number of hydrogen-bond acceptors (Lipinski definition) is 5. The standard InChI is InChI=1S/C20H22O4S/c1-20(14-6-8-15(23-2)9-7-14)12-13(17-5-4-10-25-17)11-16(18(20)21)19(22)24-3/h4-10,13,21H,11-12H2,1-3H3/t13-,20-/m1/s1. The number of allylic oxidation sites excluding steroid dienone is 1. The lowest BCUT2D eigenvalue weighted by Gasteiger charge is -2.38. The van der Waals surface area contributed by atoms with Crippen LogP contribution >= 0.6 is 11.3 Å². The molecule has 0 fully saturated rings. The predicted molar refractivity (Wildman–Crippen MR) is 98.3 cm³/mol. The van der Waals surface area contributed by atoms with Gasteiger partial charge in [-0.15, -0.1) is 11.3 Å². The van der Waals surface area contributed by atoms with E-state index in [0.717, 1.165) is 17.7 Å². The summed E-state index contributed by atoms with van der Waals surface area (Å²) in [6, 6.07) is 11.7. The summed E-state index contributed by atoms with van der Waals surface area (Å²) in [5.74, 6) is 0.572. The summed E-state index contributed by atoms with van der Waals surface area (Å²) >= 11 is 1.68. The molecule has 2 aromatic rings. The molecule has 0 amide bonds. The van der Waals surface area contributed by atoms with Crippen molar-refractivity contribution in [2.75, 3.05) is 14.2 Å². The fourth-order valence-corrected chi connectivity index (χ4v) is 4.41. The molecule has 132 valence electrons. The first-order valence-corrected chi connectivity index (χ1v) is 9.06. The van der Waals surface area contributed by atoms with Crippen LogP contribution < -0.4 is 4.74 Å². The second-order valence-electron chi connectivity index (χ2n) is 6.50. The fourth-order valence-electron chi connectivity index (χ4n) is 3.58. The molecule has 0 unspecified atom stereocenters. The van der Waals surface area contributed by atoms with Crippen LogP contribution in [0.4, 0.5) is 0 Å². The van der Waals surface area contributed by atoms with E-state index >= 15 is 0 Å². The van der Waals surface area contributed by atoms with Crippen LogP contribution in [0, 0.1) is 0 Å². The van der Waals surface area contributed by atoms with E-state index in [1.54, 1.807) is 18.4 Å². The molecule has 0 aliphatic heterocycles. The lowest BCUT2D eigenvalue weighted by atomic mass is 9.67. The Bertz CT molecular complexity index is 777. The fraction of sp³-hybridized carbons (Fsp3) is 0.350. The molecule has 1 aromatic heterocycles. The normalized spacial score (nSPS) is 23.4. The number of carbonyl (C=O) groups is 1. The molecule has 5 heteroatoms. The van der Waals surface area contributed by atoms with Crippen LogP contribution in [-0.2, 0) is 14.9 Å². The summed E-state index contributed by atoms with van der Waals surface area (Å²) in [4.78, 5) is 13.5. The highest BCUT2D eigenvalue weighted by molar-refractivity contribution is 7.10. The zero-order chi connectivity index (χ0) is 18.0. The topological polar surface area (TPSA) is 55.8 Å². The summed E-state index contributed by atoms with van der Waals surface area (Å²) < 4.78 is 10.1. The Morgan fingerprint density at radius 3 is 2.52 bits per heavy atom. The summed E-state index contributed by atoms with van der Waals surface area (Å²) in [5, 5.41) is 13.0. The second-order valence-corrected chi connectivity index (χ2v) is 7.48. The van der Waals surface area contributed by atoms with Crippen molar-refractivity contribution in [3.63, 3.8) is 0 Å². The van der Waals surface area contributed by atoms with Gasteiger partial charge in [0.25, 0.3) is 0 Å². The summed E-state index contributed by atoms with van der Waals surface area (Å²) in [7, 11) is 2.97. The van der Waals surface area contributed by atoms with Crippen LogP contribution in [-0.4, -0.2) is 25.3 Å². The number of thiophene rings is 1. The van der Waals surface area contributed by atoms with E-state index in [0.29, 0.717) is 12.0 Å². The van der Waals surface area contributed by atoms with Crippen LogP contribution in [0.15, 0.2) is 53.1 Å². The van der Waals surface area contributed by atoms with Crippen molar-refractivity contribution >= 4 is 17.3 Å². The van der Waals surface area contributed by atoms with E-state index < -0.39 is 11.4 Å². The van der Waals surface area contributed by atoms with Crippen LogP contribution in [0.3, 0.4) is 0 Å². The van der Waals surface area contributed by atoms with Gasteiger partial charge in [-0.25, -0.2) is 4.79 Å². The van der Waals surface area contributed by atoms with Crippen LogP contribution in [0.25, 0.3) is 0 Å². The van der Waals surface area contributed by atoms with E-state index in [9.17, 15) is 9.90 Å². The van der Waals surface area contributed by atoms with Crippen molar-refractivity contribution in [1.29, 1.82) is 0 Å². The minimum atomic E-state index is -0.650. The third-order valence-corrected chi connectivity index (χ3v) is 6.05. The molecular weight excluding hydrogens is 336 g/mol. The average Bonchev–Trinajstić information content (AvgIpc) is 3.18. The molecule has 0 saturated carbocycles. The van der Waals surface area contributed by atoms with Crippen molar-refractivity contribution < 1.29 is 19.4 Å². The Balaban J connectivity index is 2.08. The molecule has 4 nitrogen and oxygen atoms in total. The summed E-state index contributed by atoms with van der Waals surface area (Å²) in [6.07, 6.45) is 1.22. The van der Waals surface area contributed by atoms with E-state index in [4.69, 9.17) is 9.47 Å². The minimum Gasteiger partial charge on any atom is -0.511 e. The molecule has 1 aromatic carbocycles. The van der Waals surface area contributed by atoms with Gasteiger partial charge in [-0.3, -0.25) is 0 Å². The van der Waals surface area contributed by atoms with E-state index in [1.165, 1.54) is 12.0 Å². The van der Waals surface area contributed by atoms with Gasteiger partial charge in [-0.2, -0.15) is 0 Å². The second kappa shape index (κ2) is 6.92. The van der Waals surface area contributed by atoms with Crippen LogP contribution in [0.2, 0.25) is 0 Å². The molecular formula is C20H22O4S. The number of aliphatic hydroxyl groups excluding tert-OH is 1. The first-order chi connectivity index (χ1) is 12.0. The zero-order valence-electron chi connectivity index (χ0n) is 14.6. The third kappa shape index (κ3) is 3.16. The molecule has 0 radical (unpaired) electrons. The summed E-state index contributed by atoms with van der Waals surface area (Å²) in [6.45, 7) is 1.98.